The van der Waals surface area contributed by atoms with Crippen LogP contribution in [0.2, 0.25) is 0 Å². The lowest BCUT2D eigenvalue weighted by Gasteiger charge is -2.29. The Morgan fingerprint density at radius 1 is 1.43 bits per heavy atom. The zero-order valence-corrected chi connectivity index (χ0v) is 12.6. The molecule has 1 saturated heterocycles. The van der Waals surface area contributed by atoms with Crippen LogP contribution in [0.5, 0.6) is 0 Å². The number of carbonyl (C=O) groups is 1. The minimum absolute atomic E-state index is 0.139. The quantitative estimate of drug-likeness (QED) is 0.764. The predicted octanol–water partition coefficient (Wildman–Crippen LogP) is -0.0382. The number of hydrogen-bond acceptors (Lipinski definition) is 5. The van der Waals surface area contributed by atoms with E-state index in [4.69, 9.17) is 4.74 Å². The molecule has 1 aromatic rings. The summed E-state index contributed by atoms with van der Waals surface area (Å²) in [7, 11) is 1.65. The van der Waals surface area contributed by atoms with Crippen molar-refractivity contribution in [3.63, 3.8) is 0 Å². The molecule has 1 amide bonds. The highest BCUT2D eigenvalue weighted by molar-refractivity contribution is 5.78. The molecule has 116 valence electrons. The van der Waals surface area contributed by atoms with Crippen LogP contribution >= 0.6 is 0 Å². The largest absolute Gasteiger partial charge is 0.383 e. The van der Waals surface area contributed by atoms with Crippen molar-refractivity contribution in [2.75, 3.05) is 53.0 Å². The Labute approximate surface area is 126 Å². The second-order valence-electron chi connectivity index (χ2n) is 5.16. The SMILES string of the molecule is COCCN(Cc1ccccn1)C(=O)CN1CCNCC1. The first-order valence-electron chi connectivity index (χ1n) is 7.39. The molecular formula is C15H24N4O2. The summed E-state index contributed by atoms with van der Waals surface area (Å²) in [5.41, 5.74) is 0.905. The Bertz CT molecular complexity index is 421. The first kappa shape index (κ1) is 15.9. The van der Waals surface area contributed by atoms with E-state index in [0.29, 0.717) is 26.2 Å². The Balaban J connectivity index is 1.92. The number of aromatic nitrogens is 1. The standard InChI is InChI=1S/C15H24N4O2/c1-21-11-10-19(12-14-4-2-3-5-17-14)15(20)13-18-8-6-16-7-9-18/h2-5,16H,6-13H2,1H3. The average molecular weight is 292 g/mol. The molecule has 0 bridgehead atoms. The highest BCUT2D eigenvalue weighted by atomic mass is 16.5. The van der Waals surface area contributed by atoms with Crippen LogP contribution in [-0.2, 0) is 16.1 Å². The van der Waals surface area contributed by atoms with E-state index in [1.54, 1.807) is 13.3 Å². The second-order valence-corrected chi connectivity index (χ2v) is 5.16. The van der Waals surface area contributed by atoms with Gasteiger partial charge in [-0.05, 0) is 12.1 Å². The summed E-state index contributed by atoms with van der Waals surface area (Å²) in [6, 6.07) is 5.76. The Morgan fingerprint density at radius 3 is 2.90 bits per heavy atom. The predicted molar refractivity (Wildman–Crippen MR) is 80.8 cm³/mol. The smallest absolute Gasteiger partial charge is 0.237 e. The number of rotatable bonds is 7. The molecule has 2 rings (SSSR count). The molecule has 0 aromatic carbocycles. The minimum atomic E-state index is 0.139. The molecule has 6 heteroatoms. The number of amides is 1. The zero-order valence-electron chi connectivity index (χ0n) is 12.6. The third-order valence-electron chi connectivity index (χ3n) is 3.57. The van der Waals surface area contributed by atoms with Gasteiger partial charge >= 0.3 is 0 Å². The first-order chi connectivity index (χ1) is 10.3. The van der Waals surface area contributed by atoms with Crippen LogP contribution < -0.4 is 5.32 Å². The molecule has 0 unspecified atom stereocenters. The van der Waals surface area contributed by atoms with Crippen molar-refractivity contribution >= 4 is 5.91 Å². The van der Waals surface area contributed by atoms with Gasteiger partial charge in [-0.1, -0.05) is 6.07 Å². The average Bonchev–Trinajstić information content (AvgIpc) is 2.53. The van der Waals surface area contributed by atoms with E-state index in [0.717, 1.165) is 31.9 Å². The molecule has 1 aliphatic rings. The molecule has 1 aliphatic heterocycles. The highest BCUT2D eigenvalue weighted by Crippen LogP contribution is 2.03. The van der Waals surface area contributed by atoms with E-state index >= 15 is 0 Å². The summed E-state index contributed by atoms with van der Waals surface area (Å²) in [6.45, 7) is 5.89. The Hall–Kier alpha value is -1.50. The maximum atomic E-state index is 12.5. The normalized spacial score (nSPS) is 15.9. The monoisotopic (exact) mass is 292 g/mol. The van der Waals surface area contributed by atoms with Crippen molar-refractivity contribution in [3.05, 3.63) is 30.1 Å². The van der Waals surface area contributed by atoms with Crippen LogP contribution in [0.3, 0.4) is 0 Å². The molecule has 0 saturated carbocycles. The molecule has 1 aromatic heterocycles. The van der Waals surface area contributed by atoms with Crippen molar-refractivity contribution in [3.8, 4) is 0 Å². The lowest BCUT2D eigenvalue weighted by Crippen LogP contribution is -2.48. The topological polar surface area (TPSA) is 57.7 Å². The molecular weight excluding hydrogens is 268 g/mol. The van der Waals surface area contributed by atoms with Crippen LogP contribution in [0, 0.1) is 0 Å². The van der Waals surface area contributed by atoms with Gasteiger partial charge in [0.1, 0.15) is 0 Å². The van der Waals surface area contributed by atoms with Crippen molar-refractivity contribution in [1.29, 1.82) is 0 Å². The fourth-order valence-corrected chi connectivity index (χ4v) is 2.34. The van der Waals surface area contributed by atoms with Crippen molar-refractivity contribution in [2.45, 2.75) is 6.54 Å². The van der Waals surface area contributed by atoms with Crippen molar-refractivity contribution < 1.29 is 9.53 Å². The number of ether oxygens (including phenoxy) is 1. The second kappa shape index (κ2) is 8.71. The molecule has 1 N–H and O–H groups in total. The number of methoxy groups -OCH3 is 1. The van der Waals surface area contributed by atoms with E-state index in [9.17, 15) is 4.79 Å². The molecule has 0 aliphatic carbocycles. The molecule has 6 nitrogen and oxygen atoms in total. The Kier molecular flexibility index (Phi) is 6.59. The van der Waals surface area contributed by atoms with Crippen LogP contribution in [0.15, 0.2) is 24.4 Å². The van der Waals surface area contributed by atoms with Crippen LogP contribution in [0.25, 0.3) is 0 Å². The number of nitrogens with one attached hydrogen (secondary N) is 1. The van der Waals surface area contributed by atoms with Gasteiger partial charge in [0, 0.05) is 46.0 Å². The summed E-state index contributed by atoms with van der Waals surface area (Å²) < 4.78 is 5.11. The fourth-order valence-electron chi connectivity index (χ4n) is 2.34. The van der Waals surface area contributed by atoms with Gasteiger partial charge in [0.15, 0.2) is 0 Å². The molecule has 1 fully saturated rings. The van der Waals surface area contributed by atoms with Gasteiger partial charge < -0.3 is 15.0 Å². The van der Waals surface area contributed by atoms with E-state index < -0.39 is 0 Å². The minimum Gasteiger partial charge on any atom is -0.383 e. The summed E-state index contributed by atoms with van der Waals surface area (Å²) >= 11 is 0. The maximum Gasteiger partial charge on any atom is 0.237 e. The summed E-state index contributed by atoms with van der Waals surface area (Å²) in [5.74, 6) is 0.139. The Morgan fingerprint density at radius 2 is 2.24 bits per heavy atom. The summed E-state index contributed by atoms with van der Waals surface area (Å²) in [4.78, 5) is 20.8. The van der Waals surface area contributed by atoms with E-state index in [1.807, 2.05) is 23.1 Å². The van der Waals surface area contributed by atoms with Crippen molar-refractivity contribution in [2.24, 2.45) is 0 Å². The zero-order chi connectivity index (χ0) is 14.9. The highest BCUT2D eigenvalue weighted by Gasteiger charge is 2.19. The summed E-state index contributed by atoms with van der Waals surface area (Å²) in [6.07, 6.45) is 1.75. The number of pyridine rings is 1. The summed E-state index contributed by atoms with van der Waals surface area (Å²) in [5, 5.41) is 3.29. The lowest BCUT2D eigenvalue weighted by molar-refractivity contribution is -0.133. The number of nitrogens with zero attached hydrogens (tertiary/aromatic N) is 3. The number of hydrogen-bond donors (Lipinski definition) is 1. The fraction of sp³-hybridized carbons (Fsp3) is 0.600. The third kappa shape index (κ3) is 5.41. The van der Waals surface area contributed by atoms with E-state index in [1.165, 1.54) is 0 Å². The van der Waals surface area contributed by atoms with Crippen LogP contribution in [0.1, 0.15) is 5.69 Å². The van der Waals surface area contributed by atoms with Crippen LogP contribution in [-0.4, -0.2) is 73.7 Å². The van der Waals surface area contributed by atoms with Gasteiger partial charge in [0.05, 0.1) is 25.4 Å². The van der Waals surface area contributed by atoms with Gasteiger partial charge in [0.25, 0.3) is 0 Å². The van der Waals surface area contributed by atoms with Crippen molar-refractivity contribution in [1.82, 2.24) is 20.1 Å². The molecule has 0 atom stereocenters. The molecule has 2 heterocycles. The van der Waals surface area contributed by atoms with Gasteiger partial charge in [-0.15, -0.1) is 0 Å². The van der Waals surface area contributed by atoms with Gasteiger partial charge in [-0.3, -0.25) is 14.7 Å². The number of carbonyl (C=O) groups excluding carboxylic acids is 1. The lowest BCUT2D eigenvalue weighted by atomic mass is 10.3. The van der Waals surface area contributed by atoms with Gasteiger partial charge in [-0.25, -0.2) is 0 Å². The van der Waals surface area contributed by atoms with Crippen LogP contribution in [0.4, 0.5) is 0 Å². The van der Waals surface area contributed by atoms with E-state index in [2.05, 4.69) is 15.2 Å². The molecule has 0 radical (unpaired) electrons. The van der Waals surface area contributed by atoms with Gasteiger partial charge in [-0.2, -0.15) is 0 Å². The van der Waals surface area contributed by atoms with E-state index in [-0.39, 0.29) is 5.91 Å². The van der Waals surface area contributed by atoms with Gasteiger partial charge in [0.2, 0.25) is 5.91 Å². The maximum absolute atomic E-state index is 12.5. The molecule has 21 heavy (non-hydrogen) atoms. The molecule has 0 spiro atoms. The number of piperazine rings is 1. The first-order valence-corrected chi connectivity index (χ1v) is 7.39. The third-order valence-corrected chi connectivity index (χ3v) is 3.57.